The Morgan fingerprint density at radius 1 is 1.29 bits per heavy atom. The van der Waals surface area contributed by atoms with E-state index in [1.165, 1.54) is 30.5 Å². The Labute approximate surface area is 303 Å². The molecule has 52 heavy (non-hydrogen) atoms. The highest BCUT2D eigenvalue weighted by atomic mass is 32.3. The van der Waals surface area contributed by atoms with Crippen molar-refractivity contribution in [2.45, 2.75) is 50.3 Å². The molecule has 2 aromatic heterocycles. The van der Waals surface area contributed by atoms with Crippen molar-refractivity contribution in [2.24, 2.45) is 23.7 Å². The van der Waals surface area contributed by atoms with Gasteiger partial charge in [-0.3, -0.25) is 24.5 Å². The zero-order valence-corrected chi connectivity index (χ0v) is 30.2. The maximum absolute atomic E-state index is 13.3. The molecular formula is C25H37N13O11S3. The van der Waals surface area contributed by atoms with E-state index in [9.17, 15) is 29.4 Å². The molecule has 4 heterocycles. The Hall–Kier alpha value is -5.09. The number of hydrogen-bond acceptors (Lipinski definition) is 17. The van der Waals surface area contributed by atoms with Crippen molar-refractivity contribution in [1.82, 2.24) is 24.3 Å². The second-order valence-corrected chi connectivity index (χ2v) is 14.1. The van der Waals surface area contributed by atoms with Crippen molar-refractivity contribution < 1.29 is 56.4 Å². The molecule has 0 aromatic carbocycles. The lowest BCUT2D eigenvalue weighted by molar-refractivity contribution is -0.765. The minimum Gasteiger partial charge on any atom is -0.726 e. The number of rotatable bonds is 14. The van der Waals surface area contributed by atoms with E-state index in [4.69, 9.17) is 50.7 Å². The van der Waals surface area contributed by atoms with Crippen LogP contribution in [0.25, 0.3) is 0 Å². The van der Waals surface area contributed by atoms with Gasteiger partial charge < -0.3 is 52.8 Å². The number of unbranched alkanes of at least 4 members (excludes halogenated alkanes) is 1. The molecule has 24 nitrogen and oxygen atoms in total. The molecule has 0 bridgehead atoms. The van der Waals surface area contributed by atoms with Crippen LogP contribution >= 0.6 is 23.3 Å². The molecule has 4 rings (SSSR count). The van der Waals surface area contributed by atoms with E-state index in [1.54, 1.807) is 22.6 Å². The Morgan fingerprint density at radius 3 is 2.44 bits per heavy atom. The first-order chi connectivity index (χ1) is 24.1. The lowest BCUT2D eigenvalue weighted by Crippen LogP contribution is -2.71. The van der Waals surface area contributed by atoms with E-state index in [2.05, 4.69) is 19.8 Å². The summed E-state index contributed by atoms with van der Waals surface area (Å²) in [6.07, 6.45) is 3.04. The summed E-state index contributed by atoms with van der Waals surface area (Å²) in [5.41, 5.74) is 21.7. The first kappa shape index (κ1) is 41.3. The van der Waals surface area contributed by atoms with Gasteiger partial charge in [-0.1, -0.05) is 5.16 Å². The van der Waals surface area contributed by atoms with Gasteiger partial charge in [-0.05, 0) is 33.2 Å². The number of β-lactam (4-membered cyclic amide) rings is 1. The molecule has 0 saturated carbocycles. The number of nitrogens with two attached hydrogens (primary N) is 4. The number of anilines is 3. The number of nitrogens with one attached hydrogen (secondary N) is 2. The van der Waals surface area contributed by atoms with Crippen molar-refractivity contribution in [2.75, 3.05) is 35.2 Å². The van der Waals surface area contributed by atoms with Crippen molar-refractivity contribution >= 4 is 85.8 Å². The fourth-order valence-corrected chi connectivity index (χ4v) is 6.44. The number of carboxylic acid groups (broad SMARTS) is 2. The highest BCUT2D eigenvalue weighted by molar-refractivity contribution is 8.00. The Kier molecular flexibility index (Phi) is 13.1. The first-order valence-electron chi connectivity index (χ1n) is 14.7. The number of thioether (sulfide) groups is 1. The van der Waals surface area contributed by atoms with E-state index in [-0.39, 0.29) is 34.9 Å². The van der Waals surface area contributed by atoms with Gasteiger partial charge in [0.15, 0.2) is 29.1 Å². The summed E-state index contributed by atoms with van der Waals surface area (Å²) in [7, 11) is -3.25. The minimum atomic E-state index is -4.92. The zero-order chi connectivity index (χ0) is 39.3. The SMILES string of the molecule is Cn1c(N)c(N(CCCCN)C(=N)N)c[n+]1CC1=C(C(=O)O)N2C(=O)[C@@H](NC(=O)/C(=N\OC(C)(C)C(=O)O)c3nsc(N)n3)[C@H]2SC1.O=S(=O)([O-])O. The van der Waals surface area contributed by atoms with Gasteiger partial charge in [-0.2, -0.15) is 9.36 Å². The molecule has 2 aliphatic heterocycles. The highest BCUT2D eigenvalue weighted by Gasteiger charge is 2.55. The Balaban J connectivity index is 0.00000136. The van der Waals surface area contributed by atoms with E-state index in [1.807, 2.05) is 0 Å². The quantitative estimate of drug-likeness (QED) is 0.0133. The molecule has 1 fully saturated rings. The zero-order valence-electron chi connectivity index (χ0n) is 27.7. The average Bonchev–Trinajstić information content (AvgIpc) is 3.58. The summed E-state index contributed by atoms with van der Waals surface area (Å²) in [5.74, 6) is -4.34. The number of aromatic nitrogens is 4. The van der Waals surface area contributed by atoms with Crippen molar-refractivity contribution in [3.8, 4) is 0 Å². The second-order valence-electron chi connectivity index (χ2n) is 11.4. The maximum atomic E-state index is 13.3. The minimum absolute atomic E-state index is 0.000981. The summed E-state index contributed by atoms with van der Waals surface area (Å²) in [4.78, 5) is 62.2. The normalized spacial score (nSPS) is 17.4. The topological polar surface area (TPSA) is 389 Å². The second kappa shape index (κ2) is 16.5. The summed E-state index contributed by atoms with van der Waals surface area (Å²) >= 11 is 1.99. The third-order valence-electron chi connectivity index (χ3n) is 7.32. The average molecular weight is 792 g/mol. The number of hydrogen-bond donors (Lipinski definition) is 9. The van der Waals surface area contributed by atoms with Crippen LogP contribution in [0, 0.1) is 5.41 Å². The fourth-order valence-electron chi connectivity index (χ4n) is 4.67. The molecule has 0 unspecified atom stereocenters. The number of oxime groups is 1. The molecule has 0 radical (unpaired) electrons. The molecule has 2 amide bonds. The standard InChI is InChI=1S/C25H35N13O7S2.H2O4S/c1-25(2,22(43)44)45-33-13(17-32-24(30)47-34-17)18(39)31-14-19(40)38-15(21(41)42)11(10-46-20(14)38)8-36-9-12(16(27)35(36)3)37(23(28)29)7-5-4-6-26;1-5(2,3)4/h9,14,20,27H,4-8,10,26H2,1-3H3,(H8,28,29,30,31,32,34,39,41,42,43,44);(H2,1,2,3,4)/b33-13-;/t14-,20-;/m1./s1. The van der Waals surface area contributed by atoms with Crippen molar-refractivity contribution in [3.05, 3.63) is 23.3 Å². The number of aliphatic carboxylic acids is 2. The van der Waals surface area contributed by atoms with Crippen LogP contribution in [0.1, 0.15) is 32.5 Å². The number of fused-ring (bicyclic) bond motifs is 1. The Morgan fingerprint density at radius 2 is 1.92 bits per heavy atom. The molecule has 2 atom stereocenters. The molecular weight excluding hydrogens is 755 g/mol. The molecule has 27 heteroatoms. The van der Waals surface area contributed by atoms with E-state index >= 15 is 0 Å². The first-order valence-corrected chi connectivity index (χ1v) is 17.9. The number of amides is 2. The smallest absolute Gasteiger partial charge is 0.352 e. The van der Waals surface area contributed by atoms with Gasteiger partial charge in [0.1, 0.15) is 17.1 Å². The number of carboxylic acids is 2. The molecule has 286 valence electrons. The number of carbonyl (C=O) groups is 4. The van der Waals surface area contributed by atoms with Crippen LogP contribution < -0.4 is 37.8 Å². The van der Waals surface area contributed by atoms with E-state index in [0.29, 0.717) is 36.6 Å². The van der Waals surface area contributed by atoms with Crippen LogP contribution in [-0.2, 0) is 48.0 Å². The molecule has 2 aliphatic rings. The molecule has 1 saturated heterocycles. The van der Waals surface area contributed by atoms with Gasteiger partial charge in [-0.15, -0.1) is 21.1 Å². The van der Waals surface area contributed by atoms with Gasteiger partial charge in [0.25, 0.3) is 11.8 Å². The van der Waals surface area contributed by atoms with Crippen LogP contribution in [0.15, 0.2) is 22.6 Å². The summed E-state index contributed by atoms with van der Waals surface area (Å²) < 4.78 is 40.0. The molecule has 2 aromatic rings. The van der Waals surface area contributed by atoms with Gasteiger partial charge in [-0.25, -0.2) is 18.0 Å². The summed E-state index contributed by atoms with van der Waals surface area (Å²) in [6.45, 7) is 3.35. The van der Waals surface area contributed by atoms with Crippen LogP contribution in [-0.4, -0.2) is 118 Å². The number of carbonyl (C=O) groups excluding carboxylic acids is 2. The number of nitrogens with zero attached hydrogens (tertiary/aromatic N) is 7. The van der Waals surface area contributed by atoms with Gasteiger partial charge in [0.05, 0.1) is 7.05 Å². The van der Waals surface area contributed by atoms with E-state index in [0.717, 1.165) is 22.9 Å². The molecule has 0 spiro atoms. The van der Waals surface area contributed by atoms with Gasteiger partial charge in [0.2, 0.25) is 33.7 Å². The van der Waals surface area contributed by atoms with Crippen LogP contribution in [0.4, 0.5) is 16.6 Å². The number of guanidine groups is 1. The highest BCUT2D eigenvalue weighted by Crippen LogP contribution is 2.40. The Bertz CT molecular complexity index is 1900. The predicted octanol–water partition coefficient (Wildman–Crippen LogP) is -3.21. The summed E-state index contributed by atoms with van der Waals surface area (Å²) in [5, 5.41) is 32.9. The lowest BCUT2D eigenvalue weighted by Gasteiger charge is -2.49. The van der Waals surface area contributed by atoms with Crippen LogP contribution in [0.3, 0.4) is 0 Å². The third-order valence-corrected chi connectivity index (χ3v) is 9.21. The van der Waals surface area contributed by atoms with E-state index < -0.39 is 56.9 Å². The maximum Gasteiger partial charge on any atom is 0.352 e. The molecule has 0 aliphatic carbocycles. The van der Waals surface area contributed by atoms with Gasteiger partial charge >= 0.3 is 11.9 Å². The fraction of sp³-hybridized carbons (Fsp3) is 0.480. The third kappa shape index (κ3) is 9.82. The van der Waals surface area contributed by atoms with Crippen molar-refractivity contribution in [1.29, 1.82) is 5.41 Å². The summed E-state index contributed by atoms with van der Waals surface area (Å²) in [6, 6.07) is -1.15. The van der Waals surface area contributed by atoms with Gasteiger partial charge in [0, 0.05) is 29.4 Å². The monoisotopic (exact) mass is 791 g/mol. The predicted molar refractivity (Wildman–Crippen MR) is 183 cm³/mol. The van der Waals surface area contributed by atoms with Crippen LogP contribution in [0.2, 0.25) is 0 Å². The largest absolute Gasteiger partial charge is 0.726 e. The van der Waals surface area contributed by atoms with Crippen molar-refractivity contribution in [3.63, 3.8) is 0 Å². The number of nitrogen functional groups attached to an aromatic ring is 2. The van der Waals surface area contributed by atoms with Crippen LogP contribution in [0.5, 0.6) is 0 Å². The molecule has 13 N–H and O–H groups in total. The lowest BCUT2D eigenvalue weighted by atomic mass is 10.0.